The van der Waals surface area contributed by atoms with E-state index < -0.39 is 0 Å². The van der Waals surface area contributed by atoms with Crippen LogP contribution >= 0.6 is 0 Å². The molecular formula is C14H16N2O2. The van der Waals surface area contributed by atoms with Gasteiger partial charge in [0.05, 0.1) is 7.11 Å². The molecule has 1 heterocycles. The number of H-pyrrole nitrogens is 1. The maximum absolute atomic E-state index is 11.7. The molecule has 4 nitrogen and oxygen atoms in total. The summed E-state index contributed by atoms with van der Waals surface area (Å²) in [5.41, 5.74) is 6.82. The van der Waals surface area contributed by atoms with Gasteiger partial charge in [0.25, 0.3) is 5.91 Å². The largest absolute Gasteiger partial charge is 0.358 e. The molecule has 0 aliphatic heterocycles. The summed E-state index contributed by atoms with van der Waals surface area (Å²) in [6, 6.07) is 5.74. The second kappa shape index (κ2) is 4.46. The fourth-order valence-electron chi connectivity index (χ4n) is 2.70. The van der Waals surface area contributed by atoms with E-state index in [2.05, 4.69) is 15.3 Å². The van der Waals surface area contributed by atoms with E-state index >= 15 is 0 Å². The van der Waals surface area contributed by atoms with Gasteiger partial charge in [-0.1, -0.05) is 0 Å². The maximum atomic E-state index is 11.7. The van der Waals surface area contributed by atoms with Crippen molar-refractivity contribution in [2.24, 2.45) is 0 Å². The fraction of sp³-hybridized carbons (Fsp3) is 0.357. The second-order valence-corrected chi connectivity index (χ2v) is 4.68. The normalized spacial score (nSPS) is 14.5. The highest BCUT2D eigenvalue weighted by atomic mass is 16.6. The number of hydroxylamine groups is 1. The first-order valence-electron chi connectivity index (χ1n) is 6.26. The predicted octanol–water partition coefficient (Wildman–Crippen LogP) is 2.34. The van der Waals surface area contributed by atoms with Crippen LogP contribution in [-0.4, -0.2) is 18.0 Å². The lowest BCUT2D eigenvalue weighted by atomic mass is 9.95. The van der Waals surface area contributed by atoms with Crippen LogP contribution < -0.4 is 5.48 Å². The van der Waals surface area contributed by atoms with E-state index in [0.29, 0.717) is 5.56 Å². The van der Waals surface area contributed by atoms with Gasteiger partial charge in [0.1, 0.15) is 0 Å². The molecule has 2 N–H and O–H groups in total. The first kappa shape index (κ1) is 11.3. The van der Waals surface area contributed by atoms with Crippen molar-refractivity contribution in [3.05, 3.63) is 35.0 Å². The Morgan fingerprint density at radius 1 is 1.33 bits per heavy atom. The third kappa shape index (κ3) is 1.78. The fourth-order valence-corrected chi connectivity index (χ4v) is 2.70. The van der Waals surface area contributed by atoms with Crippen LogP contribution in [0.3, 0.4) is 0 Å². The number of aromatic nitrogens is 1. The highest BCUT2D eigenvalue weighted by Crippen LogP contribution is 2.29. The van der Waals surface area contributed by atoms with Gasteiger partial charge in [-0.25, -0.2) is 5.48 Å². The molecule has 0 spiro atoms. The minimum absolute atomic E-state index is 0.204. The lowest BCUT2D eigenvalue weighted by Crippen LogP contribution is -2.21. The molecule has 0 saturated heterocycles. The van der Waals surface area contributed by atoms with Crippen molar-refractivity contribution in [3.8, 4) is 0 Å². The summed E-state index contributed by atoms with van der Waals surface area (Å²) in [6.07, 6.45) is 4.69. The van der Waals surface area contributed by atoms with Gasteiger partial charge in [-0.3, -0.25) is 9.63 Å². The van der Waals surface area contributed by atoms with Crippen LogP contribution in [0.5, 0.6) is 0 Å². The van der Waals surface area contributed by atoms with Crippen LogP contribution in [0.25, 0.3) is 10.9 Å². The molecule has 0 bridgehead atoms. The quantitative estimate of drug-likeness (QED) is 0.797. The van der Waals surface area contributed by atoms with Gasteiger partial charge in [0.2, 0.25) is 0 Å². The number of rotatable bonds is 2. The monoisotopic (exact) mass is 244 g/mol. The Morgan fingerprint density at radius 2 is 2.17 bits per heavy atom. The summed E-state index contributed by atoms with van der Waals surface area (Å²) in [6.45, 7) is 0. The molecule has 1 aliphatic carbocycles. The summed E-state index contributed by atoms with van der Waals surface area (Å²) >= 11 is 0. The van der Waals surface area contributed by atoms with E-state index in [1.54, 1.807) is 0 Å². The van der Waals surface area contributed by atoms with Crippen LogP contribution in [0, 0.1) is 0 Å². The van der Waals surface area contributed by atoms with Gasteiger partial charge in [-0.2, -0.15) is 0 Å². The number of carbonyl (C=O) groups is 1. The number of aromatic amines is 1. The van der Waals surface area contributed by atoms with Crippen molar-refractivity contribution in [3.63, 3.8) is 0 Å². The third-order valence-electron chi connectivity index (χ3n) is 3.56. The van der Waals surface area contributed by atoms with E-state index in [4.69, 9.17) is 0 Å². The van der Waals surface area contributed by atoms with Crippen molar-refractivity contribution < 1.29 is 9.63 Å². The van der Waals surface area contributed by atoms with Crippen molar-refractivity contribution in [1.82, 2.24) is 10.5 Å². The Kier molecular flexibility index (Phi) is 2.80. The molecule has 0 unspecified atom stereocenters. The lowest BCUT2D eigenvalue weighted by molar-refractivity contribution is 0.0538. The van der Waals surface area contributed by atoms with Crippen molar-refractivity contribution in [2.45, 2.75) is 25.7 Å². The Balaban J connectivity index is 2.08. The van der Waals surface area contributed by atoms with E-state index in [1.165, 1.54) is 36.6 Å². The molecule has 0 saturated carbocycles. The number of carbonyl (C=O) groups excluding carboxylic acids is 1. The molecule has 1 aromatic heterocycles. The zero-order chi connectivity index (χ0) is 12.5. The van der Waals surface area contributed by atoms with Crippen molar-refractivity contribution in [2.75, 3.05) is 7.11 Å². The molecule has 2 aromatic rings. The van der Waals surface area contributed by atoms with Gasteiger partial charge in [-0.05, 0) is 49.4 Å². The topological polar surface area (TPSA) is 54.1 Å². The molecule has 1 amide bonds. The van der Waals surface area contributed by atoms with Crippen LogP contribution in [0.4, 0.5) is 0 Å². The Labute approximate surface area is 105 Å². The number of aryl methyl sites for hydroxylation is 2. The molecule has 4 heteroatoms. The van der Waals surface area contributed by atoms with Crippen molar-refractivity contribution >= 4 is 16.8 Å². The van der Waals surface area contributed by atoms with Crippen LogP contribution in [-0.2, 0) is 17.7 Å². The smallest absolute Gasteiger partial charge is 0.274 e. The Hall–Kier alpha value is -1.81. The first-order valence-corrected chi connectivity index (χ1v) is 6.26. The standard InChI is InChI=1S/C14H16N2O2/c1-18-16-14(17)9-6-7-13-11(8-9)10-4-2-3-5-12(10)15-13/h6-8,15H,2-5H2,1H3,(H,16,17). The number of fused-ring (bicyclic) bond motifs is 3. The van der Waals surface area contributed by atoms with Gasteiger partial charge < -0.3 is 4.98 Å². The number of hydrogen-bond acceptors (Lipinski definition) is 2. The van der Waals surface area contributed by atoms with Gasteiger partial charge in [0, 0.05) is 22.2 Å². The van der Waals surface area contributed by atoms with Crippen molar-refractivity contribution in [1.29, 1.82) is 0 Å². The number of benzene rings is 1. The molecule has 0 fully saturated rings. The molecule has 1 aromatic carbocycles. The molecule has 18 heavy (non-hydrogen) atoms. The lowest BCUT2D eigenvalue weighted by Gasteiger charge is -2.10. The summed E-state index contributed by atoms with van der Waals surface area (Å²) < 4.78 is 0. The average molecular weight is 244 g/mol. The first-order chi connectivity index (χ1) is 8.79. The second-order valence-electron chi connectivity index (χ2n) is 4.68. The number of hydrogen-bond donors (Lipinski definition) is 2. The minimum atomic E-state index is -0.204. The predicted molar refractivity (Wildman–Crippen MR) is 69.4 cm³/mol. The summed E-state index contributed by atoms with van der Waals surface area (Å²) in [5.74, 6) is -0.204. The molecule has 1 aliphatic rings. The zero-order valence-electron chi connectivity index (χ0n) is 10.4. The summed E-state index contributed by atoms with van der Waals surface area (Å²) in [4.78, 5) is 19.8. The van der Waals surface area contributed by atoms with E-state index in [9.17, 15) is 4.79 Å². The average Bonchev–Trinajstić information content (AvgIpc) is 2.76. The van der Waals surface area contributed by atoms with E-state index in [0.717, 1.165) is 18.4 Å². The highest BCUT2D eigenvalue weighted by molar-refractivity contribution is 5.98. The van der Waals surface area contributed by atoms with Gasteiger partial charge in [-0.15, -0.1) is 0 Å². The summed E-state index contributed by atoms with van der Waals surface area (Å²) in [5, 5.41) is 1.17. The third-order valence-corrected chi connectivity index (χ3v) is 3.56. The van der Waals surface area contributed by atoms with E-state index in [1.807, 2.05) is 18.2 Å². The molecule has 0 radical (unpaired) electrons. The zero-order valence-corrected chi connectivity index (χ0v) is 10.4. The molecule has 3 rings (SSSR count). The van der Waals surface area contributed by atoms with Crippen LogP contribution in [0.15, 0.2) is 18.2 Å². The maximum Gasteiger partial charge on any atom is 0.274 e. The van der Waals surface area contributed by atoms with Crippen LogP contribution in [0.2, 0.25) is 0 Å². The minimum Gasteiger partial charge on any atom is -0.358 e. The Bertz CT molecular complexity index is 601. The molecular weight excluding hydrogens is 228 g/mol. The number of nitrogens with one attached hydrogen (secondary N) is 2. The van der Waals surface area contributed by atoms with Crippen LogP contribution in [0.1, 0.15) is 34.5 Å². The number of amides is 1. The van der Waals surface area contributed by atoms with E-state index in [-0.39, 0.29) is 5.91 Å². The SMILES string of the molecule is CONC(=O)c1ccc2[nH]c3c(c2c1)CCCC3. The van der Waals surface area contributed by atoms with Gasteiger partial charge >= 0.3 is 0 Å². The molecule has 94 valence electrons. The Morgan fingerprint density at radius 3 is 3.00 bits per heavy atom. The molecule has 0 atom stereocenters. The summed E-state index contributed by atoms with van der Waals surface area (Å²) in [7, 11) is 1.44. The van der Waals surface area contributed by atoms with Gasteiger partial charge in [0.15, 0.2) is 0 Å². The highest BCUT2D eigenvalue weighted by Gasteiger charge is 2.16.